The van der Waals surface area contributed by atoms with Crippen molar-refractivity contribution in [1.82, 2.24) is 0 Å². The zero-order valence-corrected chi connectivity index (χ0v) is 11.9. The average Bonchev–Trinajstić information content (AvgIpc) is 2.59. The summed E-state index contributed by atoms with van der Waals surface area (Å²) in [6, 6.07) is 11.3. The van der Waals surface area contributed by atoms with Crippen LogP contribution in [-0.2, 0) is 0 Å². The van der Waals surface area contributed by atoms with Gasteiger partial charge in [0.2, 0.25) is 0 Å². The first kappa shape index (κ1) is 13.9. The Morgan fingerprint density at radius 1 is 0.682 bits per heavy atom. The van der Waals surface area contributed by atoms with Crippen LogP contribution < -0.4 is 10.4 Å². The van der Waals surface area contributed by atoms with E-state index in [1.165, 1.54) is 0 Å². The number of nitriles is 4. The Balaban J connectivity index is 2.55. The van der Waals surface area contributed by atoms with Crippen LogP contribution in [0.1, 0.15) is 48.6 Å². The van der Waals surface area contributed by atoms with Gasteiger partial charge in [-0.25, -0.2) is 0 Å². The Bertz CT molecular complexity index is 822. The van der Waals surface area contributed by atoms with Crippen LogP contribution in [0.3, 0.4) is 0 Å². The largest absolute Gasteiger partial charge is 0.192 e. The molecular weight excluding hydrogens is 272 g/mol. The van der Waals surface area contributed by atoms with Crippen molar-refractivity contribution in [3.8, 4) is 24.3 Å². The summed E-state index contributed by atoms with van der Waals surface area (Å²) in [5.74, 6) is 0.649. The zero-order valence-electron chi connectivity index (χ0n) is 11.9. The Hall–Kier alpha value is -3.08. The molecule has 104 valence electrons. The van der Waals surface area contributed by atoms with E-state index in [1.54, 1.807) is 12.1 Å². The molecular formula is C18H12N4. The van der Waals surface area contributed by atoms with Crippen LogP contribution in [0.2, 0.25) is 0 Å². The van der Waals surface area contributed by atoms with Crippen molar-refractivity contribution in [2.75, 3.05) is 0 Å². The molecule has 0 saturated heterocycles. The molecule has 0 spiro atoms. The van der Waals surface area contributed by atoms with E-state index in [9.17, 15) is 21.0 Å². The number of rotatable bonds is 0. The van der Waals surface area contributed by atoms with Crippen LogP contribution >= 0.6 is 0 Å². The quantitative estimate of drug-likeness (QED) is 0.726. The first-order chi connectivity index (χ1) is 10.7. The number of nitrogens with zero attached hydrogens (tertiary/aromatic N) is 4. The molecule has 0 atom stereocenters. The minimum absolute atomic E-state index is 0.116. The van der Waals surface area contributed by atoms with Gasteiger partial charge in [-0.2, -0.15) is 21.0 Å². The predicted molar refractivity (Wildman–Crippen MR) is 78.9 cm³/mol. The van der Waals surface area contributed by atoms with Crippen molar-refractivity contribution in [3.63, 3.8) is 0 Å². The van der Waals surface area contributed by atoms with Gasteiger partial charge in [0.25, 0.3) is 0 Å². The summed E-state index contributed by atoms with van der Waals surface area (Å²) in [4.78, 5) is 0. The Morgan fingerprint density at radius 2 is 1.00 bits per heavy atom. The SMILES string of the molecule is N#CC(C#N)=c1ccc(=C(C#N)C#N)c2c1C1CCC2CC1. The van der Waals surface area contributed by atoms with E-state index in [0.29, 0.717) is 22.3 Å². The van der Waals surface area contributed by atoms with E-state index < -0.39 is 0 Å². The molecule has 3 aliphatic rings. The van der Waals surface area contributed by atoms with Crippen LogP contribution in [0, 0.1) is 45.3 Å². The fourth-order valence-corrected chi connectivity index (χ4v) is 3.91. The standard InChI is InChI=1S/C18H12N4/c19-7-13(8-20)15-5-6-16(14(9-21)10-22)18-12-2-1-11(3-4-12)17(15)18/h5-6,11-12H,1-4H2. The molecule has 1 saturated carbocycles. The second-order valence-corrected chi connectivity index (χ2v) is 5.73. The van der Waals surface area contributed by atoms with Crippen LogP contribution in [0.5, 0.6) is 0 Å². The first-order valence-corrected chi connectivity index (χ1v) is 7.27. The van der Waals surface area contributed by atoms with Crippen molar-refractivity contribution in [3.05, 3.63) is 33.7 Å². The van der Waals surface area contributed by atoms with Gasteiger partial charge >= 0.3 is 0 Å². The maximum absolute atomic E-state index is 9.20. The van der Waals surface area contributed by atoms with Gasteiger partial charge in [0.05, 0.1) is 0 Å². The lowest BCUT2D eigenvalue weighted by atomic mass is 9.65. The number of fused-ring (bicyclic) bond motifs is 2. The minimum Gasteiger partial charge on any atom is -0.192 e. The van der Waals surface area contributed by atoms with Gasteiger partial charge < -0.3 is 0 Å². The molecule has 3 aliphatic carbocycles. The summed E-state index contributed by atoms with van der Waals surface area (Å²) in [7, 11) is 0. The van der Waals surface area contributed by atoms with Gasteiger partial charge in [0.1, 0.15) is 35.4 Å². The molecule has 0 aromatic heterocycles. The summed E-state index contributed by atoms with van der Waals surface area (Å²) in [6.45, 7) is 0. The molecule has 1 fully saturated rings. The molecule has 4 rings (SSSR count). The van der Waals surface area contributed by atoms with Gasteiger partial charge in [-0.3, -0.25) is 0 Å². The minimum atomic E-state index is 0.116. The molecule has 2 bridgehead atoms. The first-order valence-electron chi connectivity index (χ1n) is 7.27. The normalized spacial score (nSPS) is 20.7. The molecule has 4 nitrogen and oxygen atoms in total. The molecule has 1 aromatic carbocycles. The zero-order chi connectivity index (χ0) is 15.7. The topological polar surface area (TPSA) is 95.2 Å². The number of hydrogen-bond acceptors (Lipinski definition) is 4. The van der Waals surface area contributed by atoms with Gasteiger partial charge in [0.15, 0.2) is 0 Å². The second kappa shape index (κ2) is 5.37. The predicted octanol–water partition coefficient (Wildman–Crippen LogP) is 1.84. The average molecular weight is 284 g/mol. The third kappa shape index (κ3) is 1.87. The molecule has 22 heavy (non-hydrogen) atoms. The number of hydrogen-bond donors (Lipinski definition) is 0. The van der Waals surface area contributed by atoms with Gasteiger partial charge in [-0.1, -0.05) is 12.1 Å². The Labute approximate surface area is 128 Å². The van der Waals surface area contributed by atoms with Crippen molar-refractivity contribution in [2.45, 2.75) is 37.5 Å². The van der Waals surface area contributed by atoms with Crippen molar-refractivity contribution in [2.24, 2.45) is 0 Å². The summed E-state index contributed by atoms with van der Waals surface area (Å²) in [5, 5.41) is 38.2. The highest BCUT2D eigenvalue weighted by atomic mass is 14.4. The van der Waals surface area contributed by atoms with Crippen LogP contribution in [-0.4, -0.2) is 0 Å². The summed E-state index contributed by atoms with van der Waals surface area (Å²) in [6.07, 6.45) is 4.19. The third-order valence-corrected chi connectivity index (χ3v) is 4.82. The van der Waals surface area contributed by atoms with E-state index >= 15 is 0 Å². The lowest BCUT2D eigenvalue weighted by molar-refractivity contribution is 0.355. The van der Waals surface area contributed by atoms with E-state index in [-0.39, 0.29) is 11.1 Å². The smallest absolute Gasteiger partial charge is 0.137 e. The van der Waals surface area contributed by atoms with E-state index in [2.05, 4.69) is 0 Å². The van der Waals surface area contributed by atoms with E-state index in [0.717, 1.165) is 36.8 Å². The molecule has 4 heteroatoms. The Kier molecular flexibility index (Phi) is 3.39. The van der Waals surface area contributed by atoms with Crippen LogP contribution in [0.15, 0.2) is 12.1 Å². The highest BCUT2D eigenvalue weighted by Crippen LogP contribution is 2.46. The van der Waals surface area contributed by atoms with Gasteiger partial charge in [0, 0.05) is 10.4 Å². The molecule has 0 unspecified atom stereocenters. The summed E-state index contributed by atoms with van der Waals surface area (Å²) >= 11 is 0. The van der Waals surface area contributed by atoms with E-state index in [4.69, 9.17) is 0 Å². The second-order valence-electron chi connectivity index (χ2n) is 5.73. The summed E-state index contributed by atoms with van der Waals surface area (Å²) < 4.78 is 0. The molecule has 0 N–H and O–H groups in total. The highest BCUT2D eigenvalue weighted by molar-refractivity contribution is 5.76. The Morgan fingerprint density at radius 3 is 1.27 bits per heavy atom. The molecule has 0 radical (unpaired) electrons. The lowest BCUT2D eigenvalue weighted by Gasteiger charge is -2.39. The van der Waals surface area contributed by atoms with Gasteiger partial charge in [-0.15, -0.1) is 0 Å². The fourth-order valence-electron chi connectivity index (χ4n) is 3.91. The van der Waals surface area contributed by atoms with Crippen molar-refractivity contribution >= 4 is 11.1 Å². The summed E-state index contributed by atoms with van der Waals surface area (Å²) in [5.41, 5.74) is 2.29. The van der Waals surface area contributed by atoms with E-state index in [1.807, 2.05) is 24.3 Å². The van der Waals surface area contributed by atoms with Gasteiger partial charge in [-0.05, 0) is 48.6 Å². The van der Waals surface area contributed by atoms with Crippen LogP contribution in [0.25, 0.3) is 11.1 Å². The monoisotopic (exact) mass is 284 g/mol. The molecule has 1 aromatic rings. The molecule has 0 amide bonds. The lowest BCUT2D eigenvalue weighted by Crippen LogP contribution is -2.35. The third-order valence-electron chi connectivity index (χ3n) is 4.82. The fraction of sp³-hybridized carbons (Fsp3) is 0.333. The maximum atomic E-state index is 9.20. The number of benzene rings is 1. The maximum Gasteiger partial charge on any atom is 0.137 e. The molecule has 0 aliphatic heterocycles. The highest BCUT2D eigenvalue weighted by Gasteiger charge is 2.35. The van der Waals surface area contributed by atoms with Crippen molar-refractivity contribution in [1.29, 1.82) is 21.0 Å². The molecule has 0 heterocycles. The van der Waals surface area contributed by atoms with Crippen LogP contribution in [0.4, 0.5) is 0 Å². The van der Waals surface area contributed by atoms with Crippen molar-refractivity contribution < 1.29 is 0 Å².